The van der Waals surface area contributed by atoms with Gasteiger partial charge < -0.3 is 10.4 Å². The monoisotopic (exact) mass is 432 g/mol. The van der Waals surface area contributed by atoms with Crippen LogP contribution in [-0.2, 0) is 11.2 Å². The lowest BCUT2D eigenvalue weighted by molar-refractivity contribution is -0.116. The second-order valence-electron chi connectivity index (χ2n) is 7.19. The zero-order valence-electron chi connectivity index (χ0n) is 17.1. The van der Waals surface area contributed by atoms with Crippen molar-refractivity contribution in [2.45, 2.75) is 26.3 Å². The van der Waals surface area contributed by atoms with E-state index in [9.17, 15) is 9.90 Å². The van der Waals surface area contributed by atoms with Crippen LogP contribution in [0.2, 0.25) is 5.02 Å². The van der Waals surface area contributed by atoms with Crippen molar-refractivity contribution in [3.05, 3.63) is 82.4 Å². The molecular formula is C24H21ClN4O2. The Morgan fingerprint density at radius 3 is 2.68 bits per heavy atom. The van der Waals surface area contributed by atoms with E-state index in [2.05, 4.69) is 20.5 Å². The minimum atomic E-state index is -0.590. The highest BCUT2D eigenvalue weighted by Gasteiger charge is 2.26. The number of aryl methyl sites for hydroxylation is 1. The summed E-state index contributed by atoms with van der Waals surface area (Å²) in [7, 11) is 0. The van der Waals surface area contributed by atoms with Crippen LogP contribution in [0.25, 0.3) is 0 Å². The van der Waals surface area contributed by atoms with E-state index in [4.69, 9.17) is 11.6 Å². The van der Waals surface area contributed by atoms with Crippen molar-refractivity contribution >= 4 is 40.3 Å². The average Bonchev–Trinajstić information content (AvgIpc) is 2.89. The predicted molar refractivity (Wildman–Crippen MR) is 123 cm³/mol. The standard InChI is InChI=1S/C24H21ClN4O2/c1-3-15-13-16(11-12-21(15)30)28-29-20-10-6-9-19-22(20)23(26-14(2)24(31)27-19)17-7-4-5-8-18(17)25/h4-14,30H,3H2,1-2H3,(H,27,31). The molecule has 0 aromatic heterocycles. The Balaban J connectivity index is 1.86. The topological polar surface area (TPSA) is 86.4 Å². The first-order valence-corrected chi connectivity index (χ1v) is 10.4. The van der Waals surface area contributed by atoms with Crippen molar-refractivity contribution in [1.29, 1.82) is 0 Å². The van der Waals surface area contributed by atoms with Gasteiger partial charge in [0.25, 0.3) is 0 Å². The second kappa shape index (κ2) is 8.70. The smallest absolute Gasteiger partial charge is 0.248 e. The molecule has 0 aliphatic carbocycles. The van der Waals surface area contributed by atoms with E-state index < -0.39 is 6.04 Å². The Hall–Kier alpha value is -3.51. The fourth-order valence-electron chi connectivity index (χ4n) is 3.42. The maximum Gasteiger partial charge on any atom is 0.248 e. The SMILES string of the molecule is CCc1cc(N=Nc2cccc3c2C(c2ccccc2Cl)=NC(C)C(=O)N3)ccc1O. The van der Waals surface area contributed by atoms with Gasteiger partial charge in [0.15, 0.2) is 0 Å². The predicted octanol–water partition coefficient (Wildman–Crippen LogP) is 6.20. The first-order chi connectivity index (χ1) is 15.0. The largest absolute Gasteiger partial charge is 0.508 e. The summed E-state index contributed by atoms with van der Waals surface area (Å²) in [4.78, 5) is 17.2. The van der Waals surface area contributed by atoms with E-state index in [0.717, 1.165) is 5.56 Å². The lowest BCUT2D eigenvalue weighted by atomic mass is 9.99. The molecule has 3 aromatic carbocycles. The quantitative estimate of drug-likeness (QED) is 0.480. The molecule has 6 nitrogen and oxygen atoms in total. The highest BCUT2D eigenvalue weighted by atomic mass is 35.5. The molecule has 1 atom stereocenters. The lowest BCUT2D eigenvalue weighted by Crippen LogP contribution is -2.22. The molecule has 3 aromatic rings. The molecule has 0 saturated heterocycles. The van der Waals surface area contributed by atoms with Gasteiger partial charge >= 0.3 is 0 Å². The Bertz CT molecular complexity index is 1220. The highest BCUT2D eigenvalue weighted by molar-refractivity contribution is 6.36. The number of hydrogen-bond acceptors (Lipinski definition) is 5. The van der Waals surface area contributed by atoms with Gasteiger partial charge in [-0.25, -0.2) is 0 Å². The Morgan fingerprint density at radius 2 is 1.90 bits per heavy atom. The number of benzene rings is 3. The summed E-state index contributed by atoms with van der Waals surface area (Å²) in [5, 5.41) is 22.2. The number of aliphatic imine (C=N–C) groups is 1. The number of halogens is 1. The molecule has 0 spiro atoms. The van der Waals surface area contributed by atoms with Gasteiger partial charge in [-0.3, -0.25) is 9.79 Å². The molecule has 1 aliphatic rings. The molecule has 4 rings (SSSR count). The van der Waals surface area contributed by atoms with Crippen molar-refractivity contribution in [2.24, 2.45) is 15.2 Å². The summed E-state index contributed by atoms with van der Waals surface area (Å²) in [6.45, 7) is 3.70. The molecule has 156 valence electrons. The van der Waals surface area contributed by atoms with Gasteiger partial charge in [0.2, 0.25) is 5.91 Å². The molecule has 2 N–H and O–H groups in total. The van der Waals surface area contributed by atoms with Gasteiger partial charge in [0.05, 0.1) is 28.3 Å². The number of fused-ring (bicyclic) bond motifs is 1. The van der Waals surface area contributed by atoms with Crippen LogP contribution in [0.5, 0.6) is 5.75 Å². The van der Waals surface area contributed by atoms with Crippen molar-refractivity contribution < 1.29 is 9.90 Å². The molecule has 0 radical (unpaired) electrons. The number of azo groups is 1. The Kier molecular flexibility index (Phi) is 5.82. The molecule has 0 saturated carbocycles. The number of phenolic OH excluding ortho intramolecular Hbond substituents is 1. The van der Waals surface area contributed by atoms with Crippen molar-refractivity contribution in [3.8, 4) is 5.75 Å². The van der Waals surface area contributed by atoms with Crippen molar-refractivity contribution in [3.63, 3.8) is 0 Å². The van der Waals surface area contributed by atoms with Gasteiger partial charge in [-0.15, -0.1) is 5.11 Å². The molecule has 7 heteroatoms. The highest BCUT2D eigenvalue weighted by Crippen LogP contribution is 2.35. The Morgan fingerprint density at radius 1 is 1.10 bits per heavy atom. The number of aromatic hydroxyl groups is 1. The lowest BCUT2D eigenvalue weighted by Gasteiger charge is -2.13. The molecule has 0 fully saturated rings. The van der Waals surface area contributed by atoms with Crippen molar-refractivity contribution in [1.82, 2.24) is 0 Å². The summed E-state index contributed by atoms with van der Waals surface area (Å²) in [5.74, 6) is 0.0309. The number of carbonyl (C=O) groups is 1. The average molecular weight is 433 g/mol. The normalized spacial score (nSPS) is 15.9. The number of rotatable bonds is 4. The zero-order valence-corrected chi connectivity index (χ0v) is 17.9. The molecular weight excluding hydrogens is 412 g/mol. The summed E-state index contributed by atoms with van der Waals surface area (Å²) in [6, 6.07) is 17.3. The molecule has 31 heavy (non-hydrogen) atoms. The number of nitrogens with zero attached hydrogens (tertiary/aromatic N) is 3. The third-order valence-corrected chi connectivity index (χ3v) is 5.42. The van der Waals surface area contributed by atoms with Gasteiger partial charge in [-0.2, -0.15) is 5.11 Å². The van der Waals surface area contributed by atoms with E-state index >= 15 is 0 Å². The Labute approximate surface area is 185 Å². The van der Waals surface area contributed by atoms with E-state index in [1.807, 2.05) is 43.3 Å². The van der Waals surface area contributed by atoms with Crippen LogP contribution in [0.3, 0.4) is 0 Å². The first kappa shape index (κ1) is 20.8. The van der Waals surface area contributed by atoms with Gasteiger partial charge in [0, 0.05) is 10.6 Å². The fraction of sp³-hybridized carbons (Fsp3) is 0.167. The maximum absolute atomic E-state index is 12.5. The number of phenols is 1. The maximum atomic E-state index is 12.5. The van der Waals surface area contributed by atoms with Crippen LogP contribution in [0, 0.1) is 0 Å². The summed E-state index contributed by atoms with van der Waals surface area (Å²) < 4.78 is 0. The van der Waals surface area contributed by atoms with Gasteiger partial charge in [-0.05, 0) is 55.3 Å². The first-order valence-electron chi connectivity index (χ1n) is 9.98. The summed E-state index contributed by atoms with van der Waals surface area (Å²) in [6.07, 6.45) is 0.684. The number of carbonyl (C=O) groups excluding carboxylic acids is 1. The van der Waals surface area contributed by atoms with E-state index in [-0.39, 0.29) is 11.7 Å². The van der Waals surface area contributed by atoms with E-state index in [1.165, 1.54) is 0 Å². The minimum absolute atomic E-state index is 0.205. The molecule has 1 heterocycles. The van der Waals surface area contributed by atoms with E-state index in [0.29, 0.717) is 45.3 Å². The van der Waals surface area contributed by atoms with Crippen LogP contribution in [0.4, 0.5) is 17.1 Å². The molecule has 0 bridgehead atoms. The molecule has 1 aliphatic heterocycles. The van der Waals surface area contributed by atoms with Crippen LogP contribution in [0.15, 0.2) is 75.9 Å². The number of hydrogen-bond donors (Lipinski definition) is 2. The number of anilines is 1. The van der Waals surface area contributed by atoms with Crippen LogP contribution < -0.4 is 5.32 Å². The number of nitrogens with one attached hydrogen (secondary N) is 1. The zero-order chi connectivity index (χ0) is 22.0. The molecule has 1 unspecified atom stereocenters. The third kappa shape index (κ3) is 4.20. The van der Waals surface area contributed by atoms with Gasteiger partial charge in [-0.1, -0.05) is 42.8 Å². The number of benzodiazepines with no additional fused rings is 1. The number of amides is 1. The second-order valence-corrected chi connectivity index (χ2v) is 7.60. The summed E-state index contributed by atoms with van der Waals surface area (Å²) >= 11 is 6.47. The fourth-order valence-corrected chi connectivity index (χ4v) is 3.64. The third-order valence-electron chi connectivity index (χ3n) is 5.09. The van der Waals surface area contributed by atoms with Crippen LogP contribution >= 0.6 is 11.6 Å². The van der Waals surface area contributed by atoms with Crippen molar-refractivity contribution in [2.75, 3.05) is 5.32 Å². The van der Waals surface area contributed by atoms with Crippen LogP contribution in [0.1, 0.15) is 30.5 Å². The van der Waals surface area contributed by atoms with E-state index in [1.54, 1.807) is 31.2 Å². The van der Waals surface area contributed by atoms with Gasteiger partial charge in [0.1, 0.15) is 11.8 Å². The minimum Gasteiger partial charge on any atom is -0.508 e. The van der Waals surface area contributed by atoms with Crippen LogP contribution in [-0.4, -0.2) is 22.8 Å². The summed E-state index contributed by atoms with van der Waals surface area (Å²) in [5.41, 5.74) is 4.53. The molecule has 1 amide bonds.